The van der Waals surface area contributed by atoms with Gasteiger partial charge in [-0.1, -0.05) is 48.0 Å². The molecule has 0 spiro atoms. The van der Waals surface area contributed by atoms with Crippen LogP contribution < -0.4 is 4.90 Å². The van der Waals surface area contributed by atoms with Gasteiger partial charge in [-0.25, -0.2) is 13.8 Å². The van der Waals surface area contributed by atoms with Crippen molar-refractivity contribution in [1.82, 2.24) is 24.5 Å². The first-order chi connectivity index (χ1) is 17.5. The van der Waals surface area contributed by atoms with Gasteiger partial charge in [0.15, 0.2) is 11.5 Å². The van der Waals surface area contributed by atoms with E-state index in [-0.39, 0.29) is 11.9 Å². The minimum absolute atomic E-state index is 0.0999. The number of benzene rings is 3. The molecule has 0 aliphatic carbocycles. The van der Waals surface area contributed by atoms with E-state index >= 15 is 0 Å². The second-order valence-electron chi connectivity index (χ2n) is 9.28. The molecule has 180 valence electrons. The molecule has 0 radical (unpaired) electrons. The largest absolute Gasteiger partial charge is 0.338 e. The average Bonchev–Trinajstić information content (AvgIpc) is 3.34. The lowest BCUT2D eigenvalue weighted by atomic mass is 10.1. The van der Waals surface area contributed by atoms with E-state index in [1.54, 1.807) is 17.0 Å². The maximum Gasteiger partial charge on any atom is 0.254 e. The third-order valence-corrected chi connectivity index (χ3v) is 6.78. The summed E-state index contributed by atoms with van der Waals surface area (Å²) >= 11 is 0. The SMILES string of the molecule is Cc1ccc(-c2nnc3c4ccccc4nc(N4CCN(C(=O)c5cccc(F)c5)C(C)C4)n23)cc1. The lowest BCUT2D eigenvalue weighted by molar-refractivity contribution is 0.0672. The number of aryl methyl sites for hydroxylation is 1. The standard InChI is InChI=1S/C28H25FN6O/c1-18-10-12-20(13-11-18)25-31-32-26-23-8-3-4-9-24(23)30-28(35(25)26)33-14-15-34(19(2)17-33)27(36)21-6-5-7-22(29)16-21/h3-13,16,19H,14-15,17H2,1-2H3. The molecule has 8 heteroatoms. The van der Waals surface area contributed by atoms with E-state index in [2.05, 4.69) is 34.2 Å². The Morgan fingerprint density at radius 1 is 0.972 bits per heavy atom. The maximum atomic E-state index is 13.7. The van der Waals surface area contributed by atoms with E-state index < -0.39 is 5.82 Å². The summed E-state index contributed by atoms with van der Waals surface area (Å²) in [5, 5.41) is 10.0. The van der Waals surface area contributed by atoms with Crippen LogP contribution in [0.5, 0.6) is 0 Å². The third kappa shape index (κ3) is 3.75. The van der Waals surface area contributed by atoms with Crippen LogP contribution in [-0.2, 0) is 0 Å². The number of aromatic nitrogens is 4. The van der Waals surface area contributed by atoms with Crippen molar-refractivity contribution in [1.29, 1.82) is 0 Å². The van der Waals surface area contributed by atoms with Crippen molar-refractivity contribution in [3.63, 3.8) is 0 Å². The summed E-state index contributed by atoms with van der Waals surface area (Å²) in [6, 6.07) is 21.9. The van der Waals surface area contributed by atoms with Crippen molar-refractivity contribution < 1.29 is 9.18 Å². The molecule has 1 atom stereocenters. The Morgan fingerprint density at radius 3 is 2.56 bits per heavy atom. The third-order valence-electron chi connectivity index (χ3n) is 6.78. The molecule has 1 fully saturated rings. The topological polar surface area (TPSA) is 66.6 Å². The fourth-order valence-corrected chi connectivity index (χ4v) is 4.90. The van der Waals surface area contributed by atoms with Gasteiger partial charge in [0.05, 0.1) is 5.52 Å². The summed E-state index contributed by atoms with van der Waals surface area (Å²) in [5.74, 6) is 0.896. The van der Waals surface area contributed by atoms with Gasteiger partial charge < -0.3 is 9.80 Å². The number of hydrogen-bond acceptors (Lipinski definition) is 5. The van der Waals surface area contributed by atoms with Gasteiger partial charge in [0.2, 0.25) is 5.95 Å². The Hall–Kier alpha value is -4.33. The lowest BCUT2D eigenvalue weighted by Crippen LogP contribution is -2.54. The second kappa shape index (κ2) is 8.71. The second-order valence-corrected chi connectivity index (χ2v) is 9.28. The highest BCUT2D eigenvalue weighted by atomic mass is 19.1. The van der Waals surface area contributed by atoms with Crippen LogP contribution in [0.25, 0.3) is 27.9 Å². The van der Waals surface area contributed by atoms with Gasteiger partial charge in [-0.05, 0) is 44.2 Å². The summed E-state index contributed by atoms with van der Waals surface area (Å²) in [4.78, 5) is 22.1. The molecular weight excluding hydrogens is 455 g/mol. The molecule has 3 heterocycles. The average molecular weight is 481 g/mol. The van der Waals surface area contributed by atoms with Crippen molar-refractivity contribution in [3.8, 4) is 11.4 Å². The van der Waals surface area contributed by atoms with Gasteiger partial charge in [0, 0.05) is 42.2 Å². The van der Waals surface area contributed by atoms with Crippen LogP contribution in [0.4, 0.5) is 10.3 Å². The molecule has 0 saturated carbocycles. The molecule has 0 bridgehead atoms. The Bertz CT molecular complexity index is 1600. The van der Waals surface area contributed by atoms with Gasteiger partial charge in [-0.15, -0.1) is 10.2 Å². The zero-order valence-electron chi connectivity index (χ0n) is 20.1. The number of carbonyl (C=O) groups excluding carboxylic acids is 1. The number of para-hydroxylation sites is 1. The Balaban J connectivity index is 1.41. The first-order valence-electron chi connectivity index (χ1n) is 12.0. The molecule has 1 saturated heterocycles. The van der Waals surface area contributed by atoms with Gasteiger partial charge in [-0.2, -0.15) is 0 Å². The molecule has 2 aromatic heterocycles. The van der Waals surface area contributed by atoms with Gasteiger partial charge in [-0.3, -0.25) is 4.79 Å². The van der Waals surface area contributed by atoms with E-state index in [4.69, 9.17) is 4.98 Å². The molecule has 1 unspecified atom stereocenters. The first kappa shape index (κ1) is 22.2. The zero-order valence-corrected chi connectivity index (χ0v) is 20.1. The van der Waals surface area contributed by atoms with Crippen LogP contribution in [0.2, 0.25) is 0 Å². The molecule has 6 rings (SSSR count). The van der Waals surface area contributed by atoms with Crippen LogP contribution in [0.1, 0.15) is 22.8 Å². The zero-order chi connectivity index (χ0) is 24.8. The van der Waals surface area contributed by atoms with Gasteiger partial charge in [0.25, 0.3) is 5.91 Å². The molecular formula is C28H25FN6O. The Morgan fingerprint density at radius 2 is 1.78 bits per heavy atom. The van der Waals surface area contributed by atoms with Crippen molar-refractivity contribution in [2.24, 2.45) is 0 Å². The fourth-order valence-electron chi connectivity index (χ4n) is 4.90. The monoisotopic (exact) mass is 480 g/mol. The molecule has 1 amide bonds. The van der Waals surface area contributed by atoms with Crippen molar-refractivity contribution in [2.75, 3.05) is 24.5 Å². The van der Waals surface area contributed by atoms with E-state index in [1.165, 1.54) is 17.7 Å². The predicted octanol–water partition coefficient (Wildman–Crippen LogP) is 4.74. The van der Waals surface area contributed by atoms with Crippen LogP contribution in [0.3, 0.4) is 0 Å². The van der Waals surface area contributed by atoms with Crippen molar-refractivity contribution in [2.45, 2.75) is 19.9 Å². The molecule has 1 aliphatic heterocycles. The summed E-state index contributed by atoms with van der Waals surface area (Å²) in [6.45, 7) is 5.71. The Kier molecular flexibility index (Phi) is 5.36. The fraction of sp³-hybridized carbons (Fsp3) is 0.214. The summed E-state index contributed by atoms with van der Waals surface area (Å²) in [5.41, 5.74) is 4.08. The van der Waals surface area contributed by atoms with Crippen molar-refractivity contribution in [3.05, 3.63) is 89.7 Å². The summed E-state index contributed by atoms with van der Waals surface area (Å²) in [7, 11) is 0. The van der Waals surface area contributed by atoms with Crippen LogP contribution >= 0.6 is 0 Å². The molecule has 5 aromatic rings. The highest BCUT2D eigenvalue weighted by Gasteiger charge is 2.31. The smallest absolute Gasteiger partial charge is 0.254 e. The molecule has 36 heavy (non-hydrogen) atoms. The van der Waals surface area contributed by atoms with E-state index in [9.17, 15) is 9.18 Å². The highest BCUT2D eigenvalue weighted by Crippen LogP contribution is 2.30. The number of piperazine rings is 1. The first-order valence-corrected chi connectivity index (χ1v) is 12.0. The molecule has 1 aliphatic rings. The predicted molar refractivity (Wildman–Crippen MR) is 138 cm³/mol. The lowest BCUT2D eigenvalue weighted by Gasteiger charge is -2.40. The normalized spacial score (nSPS) is 16.1. The van der Waals surface area contributed by atoms with Gasteiger partial charge in [0.1, 0.15) is 5.82 Å². The van der Waals surface area contributed by atoms with Crippen molar-refractivity contribution >= 4 is 28.4 Å². The van der Waals surface area contributed by atoms with Crippen LogP contribution in [0, 0.1) is 12.7 Å². The summed E-state index contributed by atoms with van der Waals surface area (Å²) in [6.07, 6.45) is 0. The highest BCUT2D eigenvalue weighted by molar-refractivity contribution is 5.95. The number of rotatable bonds is 3. The molecule has 0 N–H and O–H groups in total. The van der Waals surface area contributed by atoms with Gasteiger partial charge >= 0.3 is 0 Å². The van der Waals surface area contributed by atoms with Crippen LogP contribution in [0.15, 0.2) is 72.8 Å². The molecule has 7 nitrogen and oxygen atoms in total. The maximum absolute atomic E-state index is 13.7. The van der Waals surface area contributed by atoms with E-state index in [0.29, 0.717) is 25.2 Å². The van der Waals surface area contributed by atoms with E-state index in [1.807, 2.05) is 47.7 Å². The number of fused-ring (bicyclic) bond motifs is 3. The minimum atomic E-state index is -0.411. The number of carbonyl (C=O) groups is 1. The Labute approximate surface area is 207 Å². The number of anilines is 1. The number of halogens is 1. The van der Waals surface area contributed by atoms with Crippen LogP contribution in [-0.4, -0.2) is 56.1 Å². The van der Waals surface area contributed by atoms with E-state index in [0.717, 1.165) is 33.9 Å². The quantitative estimate of drug-likeness (QED) is 0.373. The number of amides is 1. The summed E-state index contributed by atoms with van der Waals surface area (Å²) < 4.78 is 15.7. The minimum Gasteiger partial charge on any atom is -0.338 e. The number of hydrogen-bond donors (Lipinski definition) is 0. The molecule has 3 aromatic carbocycles. The number of nitrogens with zero attached hydrogens (tertiary/aromatic N) is 6.